The van der Waals surface area contributed by atoms with Crippen LogP contribution in [0.1, 0.15) is 27.7 Å². The summed E-state index contributed by atoms with van der Waals surface area (Å²) in [7, 11) is 0. The highest BCUT2D eigenvalue weighted by molar-refractivity contribution is 6.23. The Kier molecular flexibility index (Phi) is 4.49. The summed E-state index contributed by atoms with van der Waals surface area (Å²) in [6, 6.07) is 40.7. The van der Waals surface area contributed by atoms with Gasteiger partial charge in [-0.25, -0.2) is 0 Å². The Balaban J connectivity index is 1.39. The number of benzene rings is 5. The highest BCUT2D eigenvalue weighted by Gasteiger charge is 2.54. The molecule has 2 aliphatic carbocycles. The van der Waals surface area contributed by atoms with Gasteiger partial charge in [-0.15, -0.1) is 0 Å². The van der Waals surface area contributed by atoms with E-state index in [1.807, 2.05) is 0 Å². The maximum atomic E-state index is 2.70. The largest absolute Gasteiger partial charge is 0.327 e. The molecule has 0 saturated carbocycles. The van der Waals surface area contributed by atoms with Gasteiger partial charge in [-0.2, -0.15) is 0 Å². The van der Waals surface area contributed by atoms with Crippen LogP contribution in [0, 0.1) is 5.92 Å². The Morgan fingerprint density at radius 1 is 0.426 bits per heavy atom. The Labute approximate surface area is 273 Å². The molecule has 0 bridgehead atoms. The van der Waals surface area contributed by atoms with Crippen molar-refractivity contribution in [3.05, 3.63) is 145 Å². The zero-order valence-corrected chi connectivity index (χ0v) is 27.1. The topological polar surface area (TPSA) is 14.8 Å². The first-order valence-electron chi connectivity index (χ1n) is 17.0. The summed E-state index contributed by atoms with van der Waals surface area (Å²) in [5.41, 5.74) is 9.55. The first kappa shape index (κ1) is 25.9. The SMILES string of the molecule is CC1C=CC2(C)C3=C1C(C)(n1c4ccccc4c4ccccc41)C=CC3(C)n1c3ccccc3c3ccc4c5ccccc5n2c4c31. The standard InChI is InChI=1S/C44H35N3/c1-27-23-24-43(3)41-38(27)42(2,45-34-17-9-5-13-28(34)29-14-6-10-18-35(29)45)25-26-44(41,4)47-37-20-12-8-16-31(37)33-22-21-32-30-15-7-11-19-36(30)46(43)39(32)40(33)47/h5-27H,1-4H3. The second kappa shape index (κ2) is 8.16. The van der Waals surface area contributed by atoms with Gasteiger partial charge < -0.3 is 13.7 Å². The fraction of sp³-hybridized carbons (Fsp3) is 0.182. The van der Waals surface area contributed by atoms with E-state index in [0.29, 0.717) is 0 Å². The predicted molar refractivity (Wildman–Crippen MR) is 197 cm³/mol. The zero-order valence-electron chi connectivity index (χ0n) is 27.1. The summed E-state index contributed by atoms with van der Waals surface area (Å²) in [6.45, 7) is 9.83. The lowest BCUT2D eigenvalue weighted by molar-refractivity contribution is 0.331. The number of hydrogen-bond donors (Lipinski definition) is 0. The number of allylic oxidation sites excluding steroid dienone is 6. The summed E-state index contributed by atoms with van der Waals surface area (Å²) in [5, 5.41) is 7.90. The molecule has 5 aromatic carbocycles. The molecule has 0 saturated heterocycles. The second-order valence-corrected chi connectivity index (χ2v) is 14.6. The predicted octanol–water partition coefficient (Wildman–Crippen LogP) is 10.9. The summed E-state index contributed by atoms with van der Waals surface area (Å²) in [6.07, 6.45) is 10.1. The van der Waals surface area contributed by atoms with Crippen molar-refractivity contribution < 1.29 is 0 Å². The molecule has 3 aromatic heterocycles. The van der Waals surface area contributed by atoms with Crippen LogP contribution in [0.5, 0.6) is 0 Å². The molecule has 47 heavy (non-hydrogen) atoms. The van der Waals surface area contributed by atoms with Crippen molar-refractivity contribution in [2.24, 2.45) is 5.92 Å². The van der Waals surface area contributed by atoms with Crippen molar-refractivity contribution in [3.8, 4) is 0 Å². The van der Waals surface area contributed by atoms with E-state index in [-0.39, 0.29) is 5.92 Å². The first-order chi connectivity index (χ1) is 22.9. The molecule has 3 heteroatoms. The van der Waals surface area contributed by atoms with Gasteiger partial charge in [0.25, 0.3) is 0 Å². The maximum absolute atomic E-state index is 2.70. The molecule has 0 spiro atoms. The lowest BCUT2D eigenvalue weighted by atomic mass is 9.61. The smallest absolute Gasteiger partial charge is 0.0849 e. The summed E-state index contributed by atoms with van der Waals surface area (Å²) in [4.78, 5) is 0. The van der Waals surface area contributed by atoms with E-state index in [0.717, 1.165) is 0 Å². The maximum Gasteiger partial charge on any atom is 0.0849 e. The average molecular weight is 606 g/mol. The van der Waals surface area contributed by atoms with Crippen molar-refractivity contribution in [2.45, 2.75) is 44.3 Å². The number of rotatable bonds is 1. The highest BCUT2D eigenvalue weighted by Crippen LogP contribution is 2.60. The normalized spacial score (nSPS) is 26.5. The lowest BCUT2D eigenvalue weighted by Crippen LogP contribution is -2.50. The van der Waals surface area contributed by atoms with Gasteiger partial charge >= 0.3 is 0 Å². The van der Waals surface area contributed by atoms with Gasteiger partial charge in [-0.05, 0) is 62.1 Å². The number of hydrogen-bond acceptors (Lipinski definition) is 0. The van der Waals surface area contributed by atoms with E-state index in [1.54, 1.807) is 0 Å². The van der Waals surface area contributed by atoms with Crippen LogP contribution < -0.4 is 0 Å². The van der Waals surface area contributed by atoms with Crippen LogP contribution in [-0.2, 0) is 16.6 Å². The lowest BCUT2D eigenvalue weighted by Gasteiger charge is -2.52. The molecular weight excluding hydrogens is 571 g/mol. The molecule has 8 aromatic rings. The summed E-state index contributed by atoms with van der Waals surface area (Å²) >= 11 is 0. The van der Waals surface area contributed by atoms with Crippen molar-refractivity contribution in [2.75, 3.05) is 0 Å². The van der Waals surface area contributed by atoms with Gasteiger partial charge in [0.2, 0.25) is 0 Å². The van der Waals surface area contributed by atoms with E-state index < -0.39 is 16.6 Å². The Morgan fingerprint density at radius 2 is 0.809 bits per heavy atom. The third kappa shape index (κ3) is 2.76. The zero-order chi connectivity index (χ0) is 31.4. The third-order valence-corrected chi connectivity index (χ3v) is 12.2. The quantitative estimate of drug-likeness (QED) is 0.165. The van der Waals surface area contributed by atoms with Crippen molar-refractivity contribution >= 4 is 65.4 Å². The number of nitrogens with zero attached hydrogens (tertiary/aromatic N) is 3. The van der Waals surface area contributed by atoms with Crippen molar-refractivity contribution in [3.63, 3.8) is 0 Å². The number of para-hydroxylation sites is 4. The second-order valence-electron chi connectivity index (χ2n) is 14.6. The minimum Gasteiger partial charge on any atom is -0.327 e. The molecule has 1 aliphatic heterocycles. The van der Waals surface area contributed by atoms with Gasteiger partial charge in [0.05, 0.1) is 49.7 Å². The highest BCUT2D eigenvalue weighted by atomic mass is 15.2. The first-order valence-corrected chi connectivity index (χ1v) is 17.0. The van der Waals surface area contributed by atoms with Gasteiger partial charge in [-0.3, -0.25) is 0 Å². The molecule has 11 rings (SSSR count). The van der Waals surface area contributed by atoms with E-state index >= 15 is 0 Å². The van der Waals surface area contributed by atoms with Crippen molar-refractivity contribution in [1.29, 1.82) is 0 Å². The van der Waals surface area contributed by atoms with Crippen LogP contribution in [0.25, 0.3) is 65.4 Å². The molecule has 226 valence electrons. The molecule has 4 unspecified atom stereocenters. The summed E-state index contributed by atoms with van der Waals surface area (Å²) in [5.74, 6) is 0.239. The van der Waals surface area contributed by atoms with Gasteiger partial charge in [0.1, 0.15) is 0 Å². The van der Waals surface area contributed by atoms with Crippen LogP contribution in [-0.4, -0.2) is 13.7 Å². The fourth-order valence-electron chi connectivity index (χ4n) is 10.5. The Hall–Kier alpha value is -5.28. The minimum atomic E-state index is -0.406. The number of fused-ring (bicyclic) bond motifs is 11. The molecule has 4 heterocycles. The van der Waals surface area contributed by atoms with Crippen LogP contribution in [0.2, 0.25) is 0 Å². The van der Waals surface area contributed by atoms with Crippen LogP contribution in [0.15, 0.2) is 145 Å². The molecule has 3 nitrogen and oxygen atoms in total. The summed E-state index contributed by atoms with van der Waals surface area (Å²) < 4.78 is 8.03. The molecule has 3 aliphatic rings. The fourth-order valence-corrected chi connectivity index (χ4v) is 10.5. The van der Waals surface area contributed by atoms with Crippen LogP contribution in [0.3, 0.4) is 0 Å². The molecule has 0 fully saturated rings. The molecule has 0 amide bonds. The molecule has 0 N–H and O–H groups in total. The van der Waals surface area contributed by atoms with Gasteiger partial charge in [0.15, 0.2) is 0 Å². The van der Waals surface area contributed by atoms with E-state index in [1.165, 1.54) is 76.6 Å². The molecular formula is C44H35N3. The van der Waals surface area contributed by atoms with Crippen molar-refractivity contribution in [1.82, 2.24) is 13.7 Å². The monoisotopic (exact) mass is 605 g/mol. The van der Waals surface area contributed by atoms with E-state index in [4.69, 9.17) is 0 Å². The average Bonchev–Trinajstić information content (AvgIpc) is 3.73. The van der Waals surface area contributed by atoms with Crippen LogP contribution in [0.4, 0.5) is 0 Å². The van der Waals surface area contributed by atoms with E-state index in [9.17, 15) is 0 Å². The van der Waals surface area contributed by atoms with Gasteiger partial charge in [0, 0.05) is 32.3 Å². The third-order valence-electron chi connectivity index (χ3n) is 12.2. The molecule has 0 radical (unpaired) electrons. The number of aromatic nitrogens is 3. The Bertz CT molecular complexity index is 2650. The van der Waals surface area contributed by atoms with Crippen LogP contribution >= 0.6 is 0 Å². The molecule has 4 atom stereocenters. The Morgan fingerprint density at radius 3 is 1.30 bits per heavy atom. The minimum absolute atomic E-state index is 0.239. The van der Waals surface area contributed by atoms with E-state index in [2.05, 4.69) is 175 Å². The van der Waals surface area contributed by atoms with Gasteiger partial charge in [-0.1, -0.05) is 116 Å².